The van der Waals surface area contributed by atoms with Crippen molar-refractivity contribution in [1.82, 2.24) is 13.7 Å². The van der Waals surface area contributed by atoms with Crippen LogP contribution in [-0.4, -0.2) is 34.5 Å². The van der Waals surface area contributed by atoms with E-state index >= 15 is 0 Å². The number of rotatable bonds is 5. The normalized spacial score (nSPS) is 13.2. The van der Waals surface area contributed by atoms with E-state index in [1.54, 1.807) is 24.7 Å². The Morgan fingerprint density at radius 1 is 1.07 bits per heavy atom. The van der Waals surface area contributed by atoms with E-state index in [4.69, 9.17) is 4.18 Å². The standard InChI is InChI=1S/C18H21N3O5S/c1-12(26-27(4,24)25)10-21-11-14-15(16(21)13-8-6-5-7-9-13)17(22)20(3)18(23)19(14)2/h5-9,11-12H,10H2,1-4H3/t12-/m1/s1. The third-order valence-electron chi connectivity index (χ3n) is 4.35. The second kappa shape index (κ2) is 6.82. The summed E-state index contributed by atoms with van der Waals surface area (Å²) in [5, 5.41) is 0.400. The summed E-state index contributed by atoms with van der Waals surface area (Å²) in [6.07, 6.45) is 2.03. The summed E-state index contributed by atoms with van der Waals surface area (Å²) in [4.78, 5) is 25.1. The van der Waals surface area contributed by atoms with Crippen molar-refractivity contribution in [2.45, 2.75) is 19.6 Å². The summed E-state index contributed by atoms with van der Waals surface area (Å²) in [5.41, 5.74) is 1.06. The number of fused-ring (bicyclic) bond motifs is 1. The van der Waals surface area contributed by atoms with E-state index < -0.39 is 27.5 Å². The molecule has 0 bridgehead atoms. The van der Waals surface area contributed by atoms with Gasteiger partial charge in [-0.3, -0.25) is 18.1 Å². The van der Waals surface area contributed by atoms with Gasteiger partial charge in [-0.2, -0.15) is 8.42 Å². The summed E-state index contributed by atoms with van der Waals surface area (Å²) in [7, 11) is -0.582. The van der Waals surface area contributed by atoms with Crippen molar-refractivity contribution in [3.05, 3.63) is 57.4 Å². The number of hydrogen-bond acceptors (Lipinski definition) is 5. The fraction of sp³-hybridized carbons (Fsp3) is 0.333. The Balaban J connectivity index is 2.30. The van der Waals surface area contributed by atoms with E-state index in [0.29, 0.717) is 16.6 Å². The van der Waals surface area contributed by atoms with Crippen molar-refractivity contribution in [3.63, 3.8) is 0 Å². The second-order valence-corrected chi connectivity index (χ2v) is 8.17. The second-order valence-electron chi connectivity index (χ2n) is 6.57. The molecule has 0 saturated heterocycles. The Hall–Kier alpha value is -2.65. The fourth-order valence-electron chi connectivity index (χ4n) is 3.25. The first-order valence-corrected chi connectivity index (χ1v) is 10.1. The number of nitrogens with zero attached hydrogens (tertiary/aromatic N) is 3. The fourth-order valence-corrected chi connectivity index (χ4v) is 3.90. The van der Waals surface area contributed by atoms with Crippen LogP contribution in [0.2, 0.25) is 0 Å². The van der Waals surface area contributed by atoms with Crippen LogP contribution in [0.4, 0.5) is 0 Å². The van der Waals surface area contributed by atoms with Crippen LogP contribution < -0.4 is 11.2 Å². The van der Waals surface area contributed by atoms with Gasteiger partial charge in [0.1, 0.15) is 0 Å². The maximum absolute atomic E-state index is 12.8. The Morgan fingerprint density at radius 2 is 1.70 bits per heavy atom. The van der Waals surface area contributed by atoms with Crippen LogP contribution in [0.25, 0.3) is 22.2 Å². The van der Waals surface area contributed by atoms with Gasteiger partial charge in [-0.05, 0) is 12.5 Å². The van der Waals surface area contributed by atoms with E-state index in [2.05, 4.69) is 0 Å². The van der Waals surface area contributed by atoms with Gasteiger partial charge in [0, 0.05) is 20.3 Å². The zero-order valence-corrected chi connectivity index (χ0v) is 16.4. The van der Waals surface area contributed by atoms with Crippen molar-refractivity contribution >= 4 is 21.0 Å². The highest BCUT2D eigenvalue weighted by Gasteiger charge is 2.21. The zero-order chi connectivity index (χ0) is 19.9. The predicted octanol–water partition coefficient (Wildman–Crippen LogP) is 1.07. The van der Waals surface area contributed by atoms with E-state index in [9.17, 15) is 18.0 Å². The van der Waals surface area contributed by atoms with Crippen molar-refractivity contribution in [3.8, 4) is 11.3 Å². The summed E-state index contributed by atoms with van der Waals surface area (Å²) >= 11 is 0. The molecule has 144 valence electrons. The van der Waals surface area contributed by atoms with Crippen LogP contribution in [0.5, 0.6) is 0 Å². The van der Waals surface area contributed by atoms with Gasteiger partial charge in [0.05, 0.1) is 35.5 Å². The molecule has 0 amide bonds. The predicted molar refractivity (Wildman–Crippen MR) is 103 cm³/mol. The molecule has 8 nitrogen and oxygen atoms in total. The van der Waals surface area contributed by atoms with Gasteiger partial charge in [0.2, 0.25) is 0 Å². The van der Waals surface area contributed by atoms with Crippen molar-refractivity contribution in [2.75, 3.05) is 6.26 Å². The summed E-state index contributed by atoms with van der Waals surface area (Å²) < 4.78 is 32.1. The molecule has 0 aliphatic rings. The maximum atomic E-state index is 12.8. The summed E-state index contributed by atoms with van der Waals surface area (Å²) in [5.74, 6) is 0. The molecular weight excluding hydrogens is 370 g/mol. The van der Waals surface area contributed by atoms with E-state index in [-0.39, 0.29) is 6.54 Å². The van der Waals surface area contributed by atoms with Crippen LogP contribution in [0.1, 0.15) is 6.92 Å². The Kier molecular flexibility index (Phi) is 4.83. The molecule has 2 heterocycles. The average Bonchev–Trinajstić information content (AvgIpc) is 2.96. The molecule has 0 spiro atoms. The first-order chi connectivity index (χ1) is 12.6. The van der Waals surface area contributed by atoms with Gasteiger partial charge in [-0.15, -0.1) is 0 Å². The van der Waals surface area contributed by atoms with Crippen LogP contribution in [0.15, 0.2) is 46.1 Å². The molecule has 0 N–H and O–H groups in total. The highest BCUT2D eigenvalue weighted by atomic mass is 32.2. The van der Waals surface area contributed by atoms with Gasteiger partial charge in [0.15, 0.2) is 0 Å². The molecule has 3 rings (SSSR count). The van der Waals surface area contributed by atoms with Crippen molar-refractivity contribution < 1.29 is 12.6 Å². The van der Waals surface area contributed by atoms with E-state index in [1.807, 2.05) is 30.3 Å². The number of aromatic nitrogens is 3. The lowest BCUT2D eigenvalue weighted by Gasteiger charge is -2.15. The smallest absolute Gasteiger partial charge is 0.330 e. The minimum Gasteiger partial charge on any atom is -0.342 e. The minimum absolute atomic E-state index is 0.198. The largest absolute Gasteiger partial charge is 0.342 e. The van der Waals surface area contributed by atoms with Gasteiger partial charge in [-0.1, -0.05) is 30.3 Å². The lowest BCUT2D eigenvalue weighted by molar-refractivity contribution is 0.210. The maximum Gasteiger partial charge on any atom is 0.330 e. The molecule has 0 aliphatic carbocycles. The lowest BCUT2D eigenvalue weighted by Crippen LogP contribution is -2.36. The van der Waals surface area contributed by atoms with E-state index in [0.717, 1.165) is 16.4 Å². The van der Waals surface area contributed by atoms with Crippen LogP contribution >= 0.6 is 0 Å². The Morgan fingerprint density at radius 3 is 2.30 bits per heavy atom. The molecular formula is C18H21N3O5S. The molecule has 9 heteroatoms. The van der Waals surface area contributed by atoms with Crippen LogP contribution in [0, 0.1) is 0 Å². The third-order valence-corrected chi connectivity index (χ3v) is 5.03. The molecule has 0 fully saturated rings. The topological polar surface area (TPSA) is 92.3 Å². The Labute approximate surface area is 156 Å². The molecule has 0 unspecified atom stereocenters. The van der Waals surface area contributed by atoms with Gasteiger partial charge < -0.3 is 4.57 Å². The molecule has 3 aromatic rings. The zero-order valence-electron chi connectivity index (χ0n) is 15.5. The quantitative estimate of drug-likeness (QED) is 0.607. The van der Waals surface area contributed by atoms with Gasteiger partial charge >= 0.3 is 5.69 Å². The molecule has 1 aromatic carbocycles. The van der Waals surface area contributed by atoms with Crippen LogP contribution in [-0.2, 0) is 34.9 Å². The number of aryl methyl sites for hydroxylation is 1. The SMILES string of the molecule is C[C@H](Cn1cc2c(c1-c1ccccc1)c(=O)n(C)c(=O)n2C)OS(C)(=O)=O. The first kappa shape index (κ1) is 19.1. The molecule has 1 atom stereocenters. The highest BCUT2D eigenvalue weighted by Crippen LogP contribution is 2.28. The highest BCUT2D eigenvalue weighted by molar-refractivity contribution is 7.86. The number of hydrogen-bond donors (Lipinski definition) is 0. The number of benzene rings is 1. The lowest BCUT2D eigenvalue weighted by atomic mass is 10.1. The van der Waals surface area contributed by atoms with Gasteiger partial charge in [0.25, 0.3) is 15.7 Å². The monoisotopic (exact) mass is 391 g/mol. The molecule has 0 aliphatic heterocycles. The third kappa shape index (κ3) is 3.60. The summed E-state index contributed by atoms with van der Waals surface area (Å²) in [6.45, 7) is 1.83. The van der Waals surface area contributed by atoms with Crippen LogP contribution in [0.3, 0.4) is 0 Å². The molecule has 2 aromatic heterocycles. The van der Waals surface area contributed by atoms with Crippen molar-refractivity contribution in [2.24, 2.45) is 14.1 Å². The van der Waals surface area contributed by atoms with E-state index in [1.165, 1.54) is 11.6 Å². The minimum atomic E-state index is -3.62. The first-order valence-electron chi connectivity index (χ1n) is 8.32. The Bertz CT molecular complexity index is 1220. The average molecular weight is 391 g/mol. The molecule has 27 heavy (non-hydrogen) atoms. The molecule has 0 saturated carbocycles. The van der Waals surface area contributed by atoms with Gasteiger partial charge in [-0.25, -0.2) is 4.79 Å². The van der Waals surface area contributed by atoms with Crippen molar-refractivity contribution in [1.29, 1.82) is 0 Å². The summed E-state index contributed by atoms with van der Waals surface area (Å²) in [6, 6.07) is 9.28. The molecule has 0 radical (unpaired) electrons.